The second-order valence-electron chi connectivity index (χ2n) is 8.60. The van der Waals surface area contributed by atoms with E-state index in [4.69, 9.17) is 5.73 Å². The van der Waals surface area contributed by atoms with Crippen LogP contribution in [0.3, 0.4) is 0 Å². The zero-order valence-electron chi connectivity index (χ0n) is 27.0. The van der Waals surface area contributed by atoms with Crippen LogP contribution in [-0.2, 0) is 0 Å². The first-order valence-corrected chi connectivity index (χ1v) is 13.8. The molecule has 0 atom stereocenters. The van der Waals surface area contributed by atoms with Crippen LogP contribution in [0, 0.1) is 12.3 Å². The molecular weight excluding hydrogens is 472 g/mol. The standard InChI is InChI=1S/C31H41N.C3H4.C2H6.CH5N/c1-10-22(4)20-24(6)18-19-26(8)30(25(7)12-3)31(28-16-14-13-15-17-28)29(27(9)32)21-23(5)11-2;1-3-2;2*1-2/h10,12-21H,8,11,32H2,1-7,9H3;1H,2H3;1-2H3;2H2,1H3/b19-18+,22-10-,23-21+,24-20+,25-12-,29-27-,31-30+;;;. The van der Waals surface area contributed by atoms with Crippen LogP contribution in [0.5, 0.6) is 0 Å². The molecule has 1 aromatic rings. The summed E-state index contributed by atoms with van der Waals surface area (Å²) in [6.07, 6.45) is 18.5. The molecule has 0 aliphatic heterocycles. The monoisotopic (exact) mass is 528 g/mol. The summed E-state index contributed by atoms with van der Waals surface area (Å²) >= 11 is 0. The zero-order chi connectivity index (χ0) is 31.0. The van der Waals surface area contributed by atoms with Crippen LogP contribution in [0.25, 0.3) is 5.57 Å². The van der Waals surface area contributed by atoms with Gasteiger partial charge in [-0.2, -0.15) is 0 Å². The van der Waals surface area contributed by atoms with Crippen molar-refractivity contribution in [1.29, 1.82) is 0 Å². The summed E-state index contributed by atoms with van der Waals surface area (Å²) in [6, 6.07) is 10.5. The molecule has 0 aromatic heterocycles. The molecule has 0 aliphatic carbocycles. The molecular formula is C37H56N2. The van der Waals surface area contributed by atoms with Crippen LogP contribution in [-0.4, -0.2) is 7.05 Å². The Kier molecular flexibility index (Phi) is 25.4. The molecule has 0 unspecified atom stereocenters. The molecule has 2 heteroatoms. The van der Waals surface area contributed by atoms with E-state index < -0.39 is 0 Å². The van der Waals surface area contributed by atoms with Gasteiger partial charge in [-0.25, -0.2) is 0 Å². The minimum atomic E-state index is 0.801. The molecule has 1 aromatic carbocycles. The van der Waals surface area contributed by atoms with Crippen molar-refractivity contribution in [3.05, 3.63) is 124 Å². The number of hydrogen-bond donors (Lipinski definition) is 2. The summed E-state index contributed by atoms with van der Waals surface area (Å²) in [4.78, 5) is 0. The molecule has 0 saturated heterocycles. The number of nitrogens with two attached hydrogens (primary N) is 2. The zero-order valence-corrected chi connectivity index (χ0v) is 27.0. The van der Waals surface area contributed by atoms with Crippen LogP contribution in [0.2, 0.25) is 0 Å². The Morgan fingerprint density at radius 3 is 1.82 bits per heavy atom. The fraction of sp³-hybridized carbons (Fsp3) is 0.351. The first kappa shape index (κ1) is 40.0. The predicted molar refractivity (Wildman–Crippen MR) is 181 cm³/mol. The van der Waals surface area contributed by atoms with Gasteiger partial charge in [0.15, 0.2) is 0 Å². The Morgan fingerprint density at radius 1 is 0.897 bits per heavy atom. The Balaban J connectivity index is -0.00000169. The van der Waals surface area contributed by atoms with Crippen molar-refractivity contribution in [2.45, 2.75) is 82.6 Å². The highest BCUT2D eigenvalue weighted by Gasteiger charge is 2.17. The lowest BCUT2D eigenvalue weighted by molar-refractivity contribution is 1.09. The molecule has 0 fully saturated rings. The highest BCUT2D eigenvalue weighted by molar-refractivity contribution is 5.90. The Hall–Kier alpha value is -3.54. The second kappa shape index (κ2) is 24.8. The van der Waals surface area contributed by atoms with E-state index in [-0.39, 0.29) is 0 Å². The van der Waals surface area contributed by atoms with E-state index in [1.165, 1.54) is 29.3 Å². The number of allylic oxidation sites excluding steroid dienone is 15. The van der Waals surface area contributed by atoms with Gasteiger partial charge in [-0.3, -0.25) is 0 Å². The lowest BCUT2D eigenvalue weighted by Gasteiger charge is -2.20. The number of terminal acetylenes is 1. The van der Waals surface area contributed by atoms with Crippen LogP contribution in [0.15, 0.2) is 118 Å². The lowest BCUT2D eigenvalue weighted by Crippen LogP contribution is -2.05. The topological polar surface area (TPSA) is 52.0 Å². The van der Waals surface area contributed by atoms with Gasteiger partial charge in [-0.15, -0.1) is 12.3 Å². The van der Waals surface area contributed by atoms with Gasteiger partial charge in [-0.1, -0.05) is 111 Å². The highest BCUT2D eigenvalue weighted by Crippen LogP contribution is 2.36. The minimum Gasteiger partial charge on any atom is -0.402 e. The van der Waals surface area contributed by atoms with E-state index in [9.17, 15) is 0 Å². The Labute approximate surface area is 242 Å². The van der Waals surface area contributed by atoms with Crippen LogP contribution >= 0.6 is 0 Å². The van der Waals surface area contributed by atoms with E-state index in [2.05, 4.69) is 134 Å². The Bertz CT molecular complexity index is 1100. The average Bonchev–Trinajstić information content (AvgIpc) is 2.95. The van der Waals surface area contributed by atoms with Gasteiger partial charge in [0, 0.05) is 11.3 Å². The van der Waals surface area contributed by atoms with Crippen molar-refractivity contribution in [1.82, 2.24) is 0 Å². The molecule has 1 rings (SSSR count). The molecule has 39 heavy (non-hydrogen) atoms. The van der Waals surface area contributed by atoms with Crippen molar-refractivity contribution < 1.29 is 0 Å². The summed E-state index contributed by atoms with van der Waals surface area (Å²) in [5.41, 5.74) is 22.1. The number of rotatable bonds is 9. The lowest BCUT2D eigenvalue weighted by atomic mass is 9.84. The maximum Gasteiger partial charge on any atom is 0.0129 e. The summed E-state index contributed by atoms with van der Waals surface area (Å²) in [5, 5.41) is 0. The first-order chi connectivity index (χ1) is 18.6. The van der Waals surface area contributed by atoms with E-state index in [1.54, 1.807) is 6.92 Å². The molecule has 0 bridgehead atoms. The number of hydrogen-bond acceptors (Lipinski definition) is 2. The van der Waals surface area contributed by atoms with Crippen LogP contribution < -0.4 is 11.5 Å². The third-order valence-corrected chi connectivity index (χ3v) is 5.56. The fourth-order valence-corrected chi connectivity index (χ4v) is 3.33. The third kappa shape index (κ3) is 16.1. The van der Waals surface area contributed by atoms with E-state index in [0.29, 0.717) is 0 Å². The summed E-state index contributed by atoms with van der Waals surface area (Å²) in [5.74, 6) is 2.25. The summed E-state index contributed by atoms with van der Waals surface area (Å²) in [7, 11) is 1.50. The molecule has 0 heterocycles. The molecule has 0 spiro atoms. The average molecular weight is 529 g/mol. The molecule has 0 amide bonds. The highest BCUT2D eigenvalue weighted by atomic mass is 14.6. The van der Waals surface area contributed by atoms with Gasteiger partial charge in [0.05, 0.1) is 0 Å². The Morgan fingerprint density at radius 2 is 1.41 bits per heavy atom. The molecule has 214 valence electrons. The molecule has 0 aliphatic rings. The normalized spacial score (nSPS) is 13.3. The smallest absolute Gasteiger partial charge is 0.0129 e. The van der Waals surface area contributed by atoms with Crippen molar-refractivity contribution >= 4 is 5.57 Å². The van der Waals surface area contributed by atoms with Crippen molar-refractivity contribution in [3.8, 4) is 12.3 Å². The summed E-state index contributed by atoms with van der Waals surface area (Å²) < 4.78 is 0. The quantitative estimate of drug-likeness (QED) is 0.247. The summed E-state index contributed by atoms with van der Waals surface area (Å²) in [6.45, 7) is 26.9. The first-order valence-electron chi connectivity index (χ1n) is 13.8. The van der Waals surface area contributed by atoms with E-state index in [1.807, 2.05) is 26.8 Å². The van der Waals surface area contributed by atoms with Gasteiger partial charge in [0.1, 0.15) is 0 Å². The van der Waals surface area contributed by atoms with Crippen molar-refractivity contribution in [2.75, 3.05) is 7.05 Å². The molecule has 4 N–H and O–H groups in total. The number of benzene rings is 1. The SMILES string of the molecule is C#CC.C=C(/C=C/C(C)=C/C(C)=C\C)C(/C(C)=C\C)=C(C(/C=C(\C)CC)=C(/C)N)\c1ccccc1.CC.CN. The molecule has 0 radical (unpaired) electrons. The second-order valence-corrected chi connectivity index (χ2v) is 8.60. The van der Waals surface area contributed by atoms with Gasteiger partial charge >= 0.3 is 0 Å². The van der Waals surface area contributed by atoms with Gasteiger partial charge in [0.25, 0.3) is 0 Å². The maximum atomic E-state index is 6.47. The predicted octanol–water partition coefficient (Wildman–Crippen LogP) is 10.3. The fourth-order valence-electron chi connectivity index (χ4n) is 3.33. The van der Waals surface area contributed by atoms with Crippen LogP contribution in [0.4, 0.5) is 0 Å². The van der Waals surface area contributed by atoms with Gasteiger partial charge in [-0.05, 0) is 96.7 Å². The maximum absolute atomic E-state index is 6.47. The van der Waals surface area contributed by atoms with E-state index in [0.717, 1.165) is 40.0 Å². The van der Waals surface area contributed by atoms with Gasteiger partial charge in [0.2, 0.25) is 0 Å². The molecule has 2 nitrogen and oxygen atoms in total. The largest absolute Gasteiger partial charge is 0.402 e. The van der Waals surface area contributed by atoms with Gasteiger partial charge < -0.3 is 11.5 Å². The van der Waals surface area contributed by atoms with Crippen LogP contribution in [0.1, 0.15) is 88.1 Å². The van der Waals surface area contributed by atoms with E-state index >= 15 is 0 Å². The molecule has 0 saturated carbocycles. The van der Waals surface area contributed by atoms with Crippen molar-refractivity contribution in [2.24, 2.45) is 11.5 Å². The van der Waals surface area contributed by atoms with Crippen molar-refractivity contribution in [3.63, 3.8) is 0 Å². The minimum absolute atomic E-state index is 0.801. The third-order valence-electron chi connectivity index (χ3n) is 5.56.